The molecule has 0 saturated heterocycles. The second-order valence-electron chi connectivity index (χ2n) is 47.5. The van der Waals surface area contributed by atoms with Gasteiger partial charge in [0.15, 0.2) is 0 Å². The van der Waals surface area contributed by atoms with Gasteiger partial charge in [0.2, 0.25) is 0 Å². The highest BCUT2D eigenvalue weighted by Gasteiger charge is 2.45. The summed E-state index contributed by atoms with van der Waals surface area (Å²) >= 11 is 0. The van der Waals surface area contributed by atoms with Gasteiger partial charge in [-0.2, -0.15) is 0 Å². The molecule has 148 heavy (non-hydrogen) atoms. The van der Waals surface area contributed by atoms with Crippen molar-refractivity contribution in [3.05, 3.63) is 356 Å². The molecule has 0 N–H and O–H groups in total. The Morgan fingerprint density at radius 3 is 0.642 bits per heavy atom. The highest BCUT2D eigenvalue weighted by Crippen LogP contribution is 2.62. The second kappa shape index (κ2) is 32.7. The van der Waals surface area contributed by atoms with Gasteiger partial charge in [-0.25, -0.2) is 9.80 Å². The first-order valence-electron chi connectivity index (χ1n) is 52.3. The first-order chi connectivity index (χ1) is 70.5. The average molecular weight is 1930 g/mol. The maximum atomic E-state index is 16.5. The molecule has 0 bridgehead atoms. The van der Waals surface area contributed by atoms with Crippen LogP contribution in [0.2, 0.25) is 0 Å². The van der Waals surface area contributed by atoms with Crippen LogP contribution in [0.15, 0.2) is 256 Å². The Morgan fingerprint density at radius 1 is 0.236 bits per heavy atom. The lowest BCUT2D eigenvalue weighted by molar-refractivity contribution is 0.0877. The molecule has 0 atom stereocenters. The molecule has 0 fully saturated rings. The fraction of sp³-hybridized carbons (Fsp3) is 0.217. The Morgan fingerprint density at radius 2 is 0.446 bits per heavy atom. The SMILES string of the molecule is C=C(C)c1cc(C(C)C)c(N2C(=O)c3cc(Oc4ccc(C(C)(C)C)cc4)c4c5ccc6c7c(ccc(c8c(Oc9ccc(C(C)(C)C)cc9)cc(c3c48)C2=O)c75)-c2cc3cc4c(cc3cc2-6)C=Cc2cc3cc5c(cc3cc2C=C4)-c2ccc3c4c(Oc6ccc(C(C)(C)C)cc6)cc6c7c(cc(Oc8ccc(C(C)(C)C)cc8)c(c8ccc-5c2c83)c74)C(=O)N(c2c(C(C)C)cc(C(=C)C)cc2C(C)C)C6=O)c(C(C)C)c1. The molecule has 0 unspecified atom stereocenters. The lowest BCUT2D eigenvalue weighted by Gasteiger charge is -2.34. The van der Waals surface area contributed by atoms with E-state index in [1.165, 1.54) is 9.80 Å². The molecule has 10 heteroatoms. The van der Waals surface area contributed by atoms with Crippen LogP contribution in [0.4, 0.5) is 11.4 Å². The molecule has 3 aliphatic carbocycles. The molecule has 2 aliphatic heterocycles. The van der Waals surface area contributed by atoms with Crippen LogP contribution >= 0.6 is 0 Å². The second-order valence-corrected chi connectivity index (χ2v) is 47.5. The topological polar surface area (TPSA) is 112 Å². The summed E-state index contributed by atoms with van der Waals surface area (Å²) in [5.74, 6) is 2.44. The molecule has 0 radical (unpaired) electrons. The Kier molecular flexibility index (Phi) is 20.6. The number of nitrogens with zero attached hydrogens (tertiary/aromatic N) is 2. The quantitative estimate of drug-likeness (QED) is 0.0534. The molecular formula is C138H118N2O8. The van der Waals surface area contributed by atoms with Crippen LogP contribution in [0, 0.1) is 0 Å². The summed E-state index contributed by atoms with van der Waals surface area (Å²) in [7, 11) is 0. The summed E-state index contributed by atoms with van der Waals surface area (Å²) in [5, 5.41) is 18.1. The van der Waals surface area contributed by atoms with Crippen molar-refractivity contribution in [1.29, 1.82) is 0 Å². The van der Waals surface area contributed by atoms with Gasteiger partial charge in [-0.3, -0.25) is 19.2 Å². The van der Waals surface area contributed by atoms with Crippen molar-refractivity contribution in [3.63, 3.8) is 0 Å². The normalized spacial score (nSPS) is 13.9. The van der Waals surface area contributed by atoms with E-state index < -0.39 is 23.6 Å². The number of hydrogen-bond acceptors (Lipinski definition) is 8. The fourth-order valence-electron chi connectivity index (χ4n) is 24.4. The van der Waals surface area contributed by atoms with Crippen molar-refractivity contribution in [2.24, 2.45) is 0 Å². The third-order valence-corrected chi connectivity index (χ3v) is 32.3. The fourth-order valence-corrected chi connectivity index (χ4v) is 24.4. The number of benzene rings is 20. The van der Waals surface area contributed by atoms with E-state index in [4.69, 9.17) is 18.9 Å². The van der Waals surface area contributed by atoms with Crippen molar-refractivity contribution in [2.45, 2.75) is 198 Å². The molecule has 0 spiro atoms. The molecular weight excluding hydrogens is 1810 g/mol. The summed E-state index contributed by atoms with van der Waals surface area (Å²) in [5.41, 5.74) is 27.3. The van der Waals surface area contributed by atoms with E-state index in [0.29, 0.717) is 90.4 Å². The number of anilines is 2. The molecule has 0 saturated carbocycles. The Hall–Kier alpha value is -16.0. The maximum absolute atomic E-state index is 16.5. The largest absolute Gasteiger partial charge is 0.457 e. The highest BCUT2D eigenvalue weighted by molar-refractivity contribution is 6.48. The predicted molar refractivity (Wildman–Crippen MR) is 619 cm³/mol. The van der Waals surface area contributed by atoms with E-state index in [-0.39, 0.29) is 45.3 Å². The zero-order valence-corrected chi connectivity index (χ0v) is 88.3. The summed E-state index contributed by atoms with van der Waals surface area (Å²) in [6.07, 6.45) is 9.11. The van der Waals surface area contributed by atoms with Gasteiger partial charge in [0.05, 0.1) is 33.6 Å². The van der Waals surface area contributed by atoms with E-state index in [9.17, 15) is 0 Å². The molecule has 20 aromatic rings. The summed E-state index contributed by atoms with van der Waals surface area (Å²) in [6.45, 7) is 56.2. The van der Waals surface area contributed by atoms with Crippen molar-refractivity contribution in [3.8, 4) is 90.5 Å². The van der Waals surface area contributed by atoms with E-state index in [2.05, 4.69) is 346 Å². The van der Waals surface area contributed by atoms with E-state index >= 15 is 19.2 Å². The number of allylic oxidation sites excluding steroid dienone is 2. The number of carbonyl (C=O) groups excluding carboxylic acids is 4. The van der Waals surface area contributed by atoms with Gasteiger partial charge in [-0.05, 0) is 392 Å². The third-order valence-electron chi connectivity index (χ3n) is 32.3. The molecule has 20 aromatic carbocycles. The third kappa shape index (κ3) is 14.2. The minimum Gasteiger partial charge on any atom is -0.457 e. The lowest BCUT2D eigenvalue weighted by atomic mass is 9.82. The standard InChI is InChI=1S/C138H118N2O8/c1-69(2)79-57-101(71(5)6)129(102(58-79)72(7)8)139-131(141)109-65-113(145-89-37-29-85(30-38-89)135(13,14)15)123-97-49-45-93-105-61-81-53-75-25-27-77-55-83-63-107-95-47-51-99-120-100(52-48-96(118(95)120)108(107)64-84(83)56-78(77)28-26-76(75)54-82(81)62-106(105)94-46-50-98(119(97)117(93)94)124-114(66-110(132(139)142)121(109)127(123)124)146-90-39-31-86(32-40-90)136(16,17)18)126-116(148-92-43-35-88(36-44-92)138(22,23)24)68-112-122-111(67-115(125(99)128(122)126)147-91-41-33-87(34-42-91)137(19,20)21)133(143)140(134(112)144)130-103(73(9)10)59-80(70(3)4)60-104(130)74(11)12/h25-68,71-74H,1,3H2,2,4-24H3. The molecule has 10 nitrogen and oxygen atoms in total. The van der Waals surface area contributed by atoms with E-state index in [0.717, 1.165) is 230 Å². The van der Waals surface area contributed by atoms with Crippen LogP contribution in [0.25, 0.3) is 188 Å². The summed E-state index contributed by atoms with van der Waals surface area (Å²) in [4.78, 5) is 68.7. The minimum absolute atomic E-state index is 0.0679. The van der Waals surface area contributed by atoms with Crippen molar-refractivity contribution in [2.75, 3.05) is 9.80 Å². The van der Waals surface area contributed by atoms with Gasteiger partial charge >= 0.3 is 0 Å². The van der Waals surface area contributed by atoms with Gasteiger partial charge in [0, 0.05) is 43.1 Å². The number of ether oxygens (including phenoxy) is 4. The molecule has 0 aromatic heterocycles. The molecule has 5 aliphatic rings. The monoisotopic (exact) mass is 1930 g/mol. The lowest BCUT2D eigenvalue weighted by Crippen LogP contribution is -2.42. The molecule has 25 rings (SSSR count). The summed E-state index contributed by atoms with van der Waals surface area (Å²) < 4.78 is 29.6. The van der Waals surface area contributed by atoms with Gasteiger partial charge in [-0.15, -0.1) is 0 Å². The van der Waals surface area contributed by atoms with Crippen LogP contribution < -0.4 is 28.7 Å². The molecule has 2 heterocycles. The zero-order valence-electron chi connectivity index (χ0n) is 88.3. The number of hydrogen-bond donors (Lipinski definition) is 0. The van der Waals surface area contributed by atoms with Crippen LogP contribution in [0.1, 0.15) is 295 Å². The Bertz CT molecular complexity index is 8430. The van der Waals surface area contributed by atoms with Crippen molar-refractivity contribution in [1.82, 2.24) is 0 Å². The van der Waals surface area contributed by atoms with Gasteiger partial charge < -0.3 is 18.9 Å². The maximum Gasteiger partial charge on any atom is 0.266 e. The van der Waals surface area contributed by atoms with E-state index in [1.807, 2.05) is 86.6 Å². The minimum atomic E-state index is -0.422. The van der Waals surface area contributed by atoms with Crippen molar-refractivity contribution < 1.29 is 38.1 Å². The predicted octanol–water partition coefficient (Wildman–Crippen LogP) is 38.6. The first-order valence-corrected chi connectivity index (χ1v) is 52.3. The number of carbonyl (C=O) groups is 4. The van der Waals surface area contributed by atoms with Crippen LogP contribution in [-0.4, -0.2) is 23.6 Å². The highest BCUT2D eigenvalue weighted by atomic mass is 16.5. The smallest absolute Gasteiger partial charge is 0.266 e. The molecule has 4 amide bonds. The Labute approximate surface area is 864 Å². The van der Waals surface area contributed by atoms with Crippen molar-refractivity contribution >= 4 is 178 Å². The van der Waals surface area contributed by atoms with E-state index in [1.54, 1.807) is 0 Å². The van der Waals surface area contributed by atoms with Crippen LogP contribution in [-0.2, 0) is 21.7 Å². The number of amides is 4. The average Bonchev–Trinajstić information content (AvgIpc) is 1.32. The number of imide groups is 2. The number of rotatable bonds is 16. The van der Waals surface area contributed by atoms with Gasteiger partial charge in [0.1, 0.15) is 46.0 Å². The van der Waals surface area contributed by atoms with Gasteiger partial charge in [-0.1, -0.05) is 284 Å². The van der Waals surface area contributed by atoms with Crippen LogP contribution in [0.5, 0.6) is 46.0 Å². The first kappa shape index (κ1) is 93.0. The van der Waals surface area contributed by atoms with Gasteiger partial charge in [0.25, 0.3) is 23.6 Å². The zero-order chi connectivity index (χ0) is 103. The Balaban J connectivity index is 0.629. The number of fused-ring (bicyclic) bond motifs is 14. The molecule has 728 valence electrons. The summed E-state index contributed by atoms with van der Waals surface area (Å²) in [6, 6.07) is 86.2. The van der Waals surface area contributed by atoms with Crippen LogP contribution in [0.3, 0.4) is 0 Å².